The smallest absolute Gasteiger partial charge is 0.200 e. The minimum atomic E-state index is 0.453. The predicted octanol–water partition coefficient (Wildman–Crippen LogP) is 1.40. The van der Waals surface area contributed by atoms with E-state index in [9.17, 15) is 0 Å². The molecule has 106 valence electrons. The van der Waals surface area contributed by atoms with Gasteiger partial charge in [-0.2, -0.15) is 0 Å². The standard InChI is InChI=1S/C14H14N6O/c15-11-4-6-12(7-5-11)21-10-9-20-14(17-18-19-20)13-3-1-2-8-16-13/h1-8H,9-10,15H2. The Morgan fingerprint density at radius 3 is 2.71 bits per heavy atom. The lowest BCUT2D eigenvalue weighted by molar-refractivity contribution is 0.290. The third-order valence-corrected chi connectivity index (χ3v) is 2.88. The lowest BCUT2D eigenvalue weighted by Gasteiger charge is -2.07. The number of nitrogens with zero attached hydrogens (tertiary/aromatic N) is 5. The number of nitrogen functional groups attached to an aromatic ring is 1. The molecule has 0 amide bonds. The molecule has 0 aliphatic carbocycles. The van der Waals surface area contributed by atoms with Gasteiger partial charge in [-0.15, -0.1) is 5.10 Å². The normalized spacial score (nSPS) is 10.5. The maximum absolute atomic E-state index is 5.63. The van der Waals surface area contributed by atoms with Crippen LogP contribution in [0.15, 0.2) is 48.7 Å². The molecule has 3 aromatic rings. The molecule has 7 nitrogen and oxygen atoms in total. The van der Waals surface area contributed by atoms with Crippen molar-refractivity contribution in [1.82, 2.24) is 25.2 Å². The quantitative estimate of drug-likeness (QED) is 0.711. The van der Waals surface area contributed by atoms with E-state index in [4.69, 9.17) is 10.5 Å². The summed E-state index contributed by atoms with van der Waals surface area (Å²) in [4.78, 5) is 4.24. The molecular weight excluding hydrogens is 268 g/mol. The van der Waals surface area contributed by atoms with Crippen LogP contribution in [0.2, 0.25) is 0 Å². The first-order valence-corrected chi connectivity index (χ1v) is 6.49. The van der Waals surface area contributed by atoms with Crippen LogP contribution in [0.4, 0.5) is 5.69 Å². The fraction of sp³-hybridized carbons (Fsp3) is 0.143. The van der Waals surface area contributed by atoms with Gasteiger partial charge in [0.15, 0.2) is 0 Å². The Morgan fingerprint density at radius 2 is 1.95 bits per heavy atom. The maximum atomic E-state index is 5.63. The lowest BCUT2D eigenvalue weighted by Crippen LogP contribution is -2.11. The fourth-order valence-electron chi connectivity index (χ4n) is 1.85. The molecule has 2 heterocycles. The molecule has 21 heavy (non-hydrogen) atoms. The number of tetrazole rings is 1. The first-order chi connectivity index (χ1) is 10.3. The molecule has 0 saturated heterocycles. The van der Waals surface area contributed by atoms with Gasteiger partial charge in [0, 0.05) is 11.9 Å². The molecule has 2 aromatic heterocycles. The molecule has 0 unspecified atom stereocenters. The SMILES string of the molecule is Nc1ccc(OCCn2nnnc2-c2ccccn2)cc1. The van der Waals surface area contributed by atoms with Crippen molar-refractivity contribution in [2.24, 2.45) is 0 Å². The minimum Gasteiger partial charge on any atom is -0.492 e. The van der Waals surface area contributed by atoms with Crippen molar-refractivity contribution in [3.8, 4) is 17.3 Å². The van der Waals surface area contributed by atoms with Crippen molar-refractivity contribution in [2.75, 3.05) is 12.3 Å². The molecule has 0 atom stereocenters. The van der Waals surface area contributed by atoms with E-state index in [2.05, 4.69) is 20.5 Å². The number of hydrogen-bond donors (Lipinski definition) is 1. The monoisotopic (exact) mass is 282 g/mol. The first-order valence-electron chi connectivity index (χ1n) is 6.49. The maximum Gasteiger partial charge on any atom is 0.200 e. The largest absolute Gasteiger partial charge is 0.492 e. The Bertz CT molecular complexity index is 695. The summed E-state index contributed by atoms with van der Waals surface area (Å²) >= 11 is 0. The van der Waals surface area contributed by atoms with Gasteiger partial charge in [-0.1, -0.05) is 6.07 Å². The lowest BCUT2D eigenvalue weighted by atomic mass is 10.3. The average molecular weight is 282 g/mol. The number of benzene rings is 1. The zero-order chi connectivity index (χ0) is 14.5. The number of aromatic nitrogens is 5. The third kappa shape index (κ3) is 3.14. The van der Waals surface area contributed by atoms with Gasteiger partial charge >= 0.3 is 0 Å². The summed E-state index contributed by atoms with van der Waals surface area (Å²) in [6, 6.07) is 12.9. The van der Waals surface area contributed by atoms with E-state index in [0.717, 1.165) is 11.4 Å². The second-order valence-electron chi connectivity index (χ2n) is 4.36. The van der Waals surface area contributed by atoms with Crippen LogP contribution in [-0.2, 0) is 6.54 Å². The number of pyridine rings is 1. The number of hydrogen-bond acceptors (Lipinski definition) is 6. The highest BCUT2D eigenvalue weighted by Crippen LogP contribution is 2.14. The first kappa shape index (κ1) is 13.0. The van der Waals surface area contributed by atoms with Crippen LogP contribution in [-0.4, -0.2) is 31.8 Å². The fourth-order valence-corrected chi connectivity index (χ4v) is 1.85. The van der Waals surface area contributed by atoms with E-state index >= 15 is 0 Å². The van der Waals surface area contributed by atoms with E-state index in [1.807, 2.05) is 30.3 Å². The van der Waals surface area contributed by atoms with Gasteiger partial charge in [0.05, 0.1) is 6.54 Å². The Balaban J connectivity index is 1.64. The summed E-state index contributed by atoms with van der Waals surface area (Å²) in [6.45, 7) is 0.984. The van der Waals surface area contributed by atoms with Crippen LogP contribution in [0, 0.1) is 0 Å². The van der Waals surface area contributed by atoms with Crippen molar-refractivity contribution >= 4 is 5.69 Å². The van der Waals surface area contributed by atoms with Gasteiger partial charge in [0.2, 0.25) is 5.82 Å². The van der Waals surface area contributed by atoms with E-state index in [-0.39, 0.29) is 0 Å². The van der Waals surface area contributed by atoms with Crippen LogP contribution >= 0.6 is 0 Å². The number of nitrogens with two attached hydrogens (primary N) is 1. The molecule has 3 rings (SSSR count). The summed E-state index contributed by atoms with van der Waals surface area (Å²) in [5.74, 6) is 1.38. The summed E-state index contributed by atoms with van der Waals surface area (Å²) in [5, 5.41) is 11.6. The van der Waals surface area contributed by atoms with Crippen LogP contribution in [0.25, 0.3) is 11.5 Å². The molecule has 7 heteroatoms. The Hall–Kier alpha value is -2.96. The molecule has 0 bridgehead atoms. The average Bonchev–Trinajstić information content (AvgIpc) is 2.99. The Labute approximate surface area is 121 Å². The van der Waals surface area contributed by atoms with Gasteiger partial charge in [0.1, 0.15) is 18.1 Å². The molecule has 0 saturated carbocycles. The van der Waals surface area contributed by atoms with Crippen molar-refractivity contribution in [1.29, 1.82) is 0 Å². The van der Waals surface area contributed by atoms with Gasteiger partial charge in [-0.05, 0) is 46.8 Å². The second-order valence-corrected chi connectivity index (χ2v) is 4.36. The molecule has 0 radical (unpaired) electrons. The molecule has 2 N–H and O–H groups in total. The summed E-state index contributed by atoms with van der Waals surface area (Å²) in [6.07, 6.45) is 1.71. The highest BCUT2D eigenvalue weighted by atomic mass is 16.5. The molecule has 0 fully saturated rings. The van der Waals surface area contributed by atoms with Crippen LogP contribution in [0.5, 0.6) is 5.75 Å². The van der Waals surface area contributed by atoms with Crippen LogP contribution in [0.3, 0.4) is 0 Å². The molecule has 0 aliphatic heterocycles. The van der Waals surface area contributed by atoms with Gasteiger partial charge in [0.25, 0.3) is 0 Å². The molecule has 0 aliphatic rings. The van der Waals surface area contributed by atoms with E-state index in [1.54, 1.807) is 23.0 Å². The predicted molar refractivity (Wildman–Crippen MR) is 77.4 cm³/mol. The highest BCUT2D eigenvalue weighted by Gasteiger charge is 2.09. The van der Waals surface area contributed by atoms with Crippen molar-refractivity contribution in [2.45, 2.75) is 6.54 Å². The van der Waals surface area contributed by atoms with Gasteiger partial charge in [-0.25, -0.2) is 4.68 Å². The Kier molecular flexibility index (Phi) is 3.72. The van der Waals surface area contributed by atoms with Crippen molar-refractivity contribution < 1.29 is 4.74 Å². The topological polar surface area (TPSA) is 91.7 Å². The minimum absolute atomic E-state index is 0.453. The summed E-state index contributed by atoms with van der Waals surface area (Å²) < 4.78 is 7.30. The van der Waals surface area contributed by atoms with Crippen molar-refractivity contribution in [3.05, 3.63) is 48.7 Å². The zero-order valence-electron chi connectivity index (χ0n) is 11.3. The van der Waals surface area contributed by atoms with E-state index in [0.29, 0.717) is 24.7 Å². The third-order valence-electron chi connectivity index (χ3n) is 2.88. The molecular formula is C14H14N6O. The number of anilines is 1. The Morgan fingerprint density at radius 1 is 1.10 bits per heavy atom. The zero-order valence-corrected chi connectivity index (χ0v) is 11.3. The van der Waals surface area contributed by atoms with E-state index in [1.165, 1.54) is 0 Å². The van der Waals surface area contributed by atoms with Crippen molar-refractivity contribution in [3.63, 3.8) is 0 Å². The summed E-state index contributed by atoms with van der Waals surface area (Å²) in [5.41, 5.74) is 7.06. The van der Waals surface area contributed by atoms with Gasteiger partial charge < -0.3 is 10.5 Å². The summed E-state index contributed by atoms with van der Waals surface area (Å²) in [7, 11) is 0. The number of ether oxygens (including phenoxy) is 1. The highest BCUT2D eigenvalue weighted by molar-refractivity contribution is 5.47. The number of rotatable bonds is 5. The molecule has 1 aromatic carbocycles. The van der Waals surface area contributed by atoms with Crippen LogP contribution in [0.1, 0.15) is 0 Å². The van der Waals surface area contributed by atoms with Gasteiger partial charge in [-0.3, -0.25) is 4.98 Å². The second kappa shape index (κ2) is 6.00. The van der Waals surface area contributed by atoms with Crippen LogP contribution < -0.4 is 10.5 Å². The van der Waals surface area contributed by atoms with E-state index < -0.39 is 0 Å². The molecule has 0 spiro atoms.